The third-order valence-corrected chi connectivity index (χ3v) is 7.82. The van der Waals surface area contributed by atoms with Crippen LogP contribution in [0.3, 0.4) is 0 Å². The van der Waals surface area contributed by atoms with Gasteiger partial charge in [-0.1, -0.05) is 47.5 Å². The first-order chi connectivity index (χ1) is 14.4. The van der Waals surface area contributed by atoms with Crippen molar-refractivity contribution in [1.29, 1.82) is 0 Å². The van der Waals surface area contributed by atoms with E-state index in [-0.39, 0.29) is 11.3 Å². The summed E-state index contributed by atoms with van der Waals surface area (Å²) in [7, 11) is 0. The topological polar surface area (TPSA) is 43.8 Å². The molecular weight excluding hydrogens is 439 g/mol. The molecule has 0 aliphatic carbocycles. The number of rotatable bonds is 6. The molecule has 2 heterocycles. The lowest BCUT2D eigenvalue weighted by Gasteiger charge is -2.39. The highest BCUT2D eigenvalue weighted by atomic mass is 35.5. The van der Waals surface area contributed by atoms with Crippen molar-refractivity contribution < 1.29 is 9.90 Å². The summed E-state index contributed by atoms with van der Waals surface area (Å²) in [6.45, 7) is 3.38. The van der Waals surface area contributed by atoms with Gasteiger partial charge >= 0.3 is 0 Å². The predicted octanol–water partition coefficient (Wildman–Crippen LogP) is 4.94. The van der Waals surface area contributed by atoms with E-state index in [0.29, 0.717) is 28.6 Å². The van der Waals surface area contributed by atoms with Gasteiger partial charge in [0.15, 0.2) is 0 Å². The monoisotopic (exact) mass is 464 g/mol. The van der Waals surface area contributed by atoms with Gasteiger partial charge in [-0.25, -0.2) is 0 Å². The third-order valence-electron chi connectivity index (χ3n) is 6.06. The van der Waals surface area contributed by atoms with E-state index in [2.05, 4.69) is 4.90 Å². The van der Waals surface area contributed by atoms with Crippen LogP contribution in [-0.2, 0) is 10.4 Å². The van der Waals surface area contributed by atoms with Gasteiger partial charge in [0.2, 0.25) is 5.91 Å². The van der Waals surface area contributed by atoms with Crippen molar-refractivity contribution in [3.63, 3.8) is 0 Å². The molecule has 2 aromatic rings. The fourth-order valence-corrected chi connectivity index (χ4v) is 5.73. The molecule has 0 unspecified atom stereocenters. The normalized spacial score (nSPS) is 21.9. The van der Waals surface area contributed by atoms with Crippen molar-refractivity contribution >= 4 is 40.9 Å². The third kappa shape index (κ3) is 4.97. The Balaban J connectivity index is 1.28. The van der Waals surface area contributed by atoms with Crippen LogP contribution in [-0.4, -0.2) is 52.7 Å². The molecular formula is C23H26Cl2N2O2S. The zero-order valence-corrected chi connectivity index (χ0v) is 19.1. The standard InChI is InChI=1S/C23H26Cl2N2O2S/c24-19-6-2-17(3-7-19)22-27(21(28)16-30-22)13-1-12-26-14-10-23(29,11-15-26)18-4-8-20(25)9-5-18/h2-9,22,29H,1,10-16H2/t22-/m1/s1. The molecule has 0 radical (unpaired) electrons. The molecule has 2 aliphatic heterocycles. The second kappa shape index (κ2) is 9.49. The minimum absolute atomic E-state index is 0.0751. The number of carbonyl (C=O) groups is 1. The Morgan fingerprint density at radius 2 is 1.57 bits per heavy atom. The highest BCUT2D eigenvalue weighted by molar-refractivity contribution is 8.00. The molecule has 0 saturated carbocycles. The maximum Gasteiger partial charge on any atom is 0.233 e. The second-order valence-corrected chi connectivity index (χ2v) is 9.98. The maximum atomic E-state index is 12.4. The Morgan fingerprint density at radius 3 is 2.20 bits per heavy atom. The summed E-state index contributed by atoms with van der Waals surface area (Å²) in [6.07, 6.45) is 2.34. The summed E-state index contributed by atoms with van der Waals surface area (Å²) < 4.78 is 0. The Labute approximate surface area is 192 Å². The summed E-state index contributed by atoms with van der Waals surface area (Å²) in [5, 5.41) is 12.5. The van der Waals surface area contributed by atoms with Crippen LogP contribution in [0.4, 0.5) is 0 Å². The lowest BCUT2D eigenvalue weighted by atomic mass is 9.84. The van der Waals surface area contributed by atoms with E-state index in [0.717, 1.165) is 43.7 Å². The largest absolute Gasteiger partial charge is 0.385 e. The van der Waals surface area contributed by atoms with Crippen LogP contribution in [0.25, 0.3) is 0 Å². The Hall–Kier alpha value is -1.24. The van der Waals surface area contributed by atoms with Gasteiger partial charge < -0.3 is 14.9 Å². The van der Waals surface area contributed by atoms with Gasteiger partial charge in [-0.05, 0) is 61.2 Å². The number of likely N-dealkylation sites (tertiary alicyclic amines) is 1. The van der Waals surface area contributed by atoms with Crippen molar-refractivity contribution in [3.8, 4) is 0 Å². The van der Waals surface area contributed by atoms with Crippen LogP contribution in [0, 0.1) is 0 Å². The molecule has 2 aromatic carbocycles. The van der Waals surface area contributed by atoms with Gasteiger partial charge in [-0.15, -0.1) is 11.8 Å². The van der Waals surface area contributed by atoms with Gasteiger partial charge in [-0.3, -0.25) is 4.79 Å². The van der Waals surface area contributed by atoms with Gasteiger partial charge in [0.25, 0.3) is 0 Å². The van der Waals surface area contributed by atoms with Crippen LogP contribution in [0.1, 0.15) is 35.8 Å². The van der Waals surface area contributed by atoms with E-state index in [1.54, 1.807) is 11.8 Å². The Kier molecular flexibility index (Phi) is 6.95. The fraction of sp³-hybridized carbons (Fsp3) is 0.435. The Bertz CT molecular complexity index is 868. The second-order valence-electron chi connectivity index (χ2n) is 8.04. The summed E-state index contributed by atoms with van der Waals surface area (Å²) in [4.78, 5) is 16.8. The summed E-state index contributed by atoms with van der Waals surface area (Å²) >= 11 is 13.7. The van der Waals surface area contributed by atoms with Crippen molar-refractivity contribution in [3.05, 3.63) is 69.7 Å². The molecule has 7 heteroatoms. The lowest BCUT2D eigenvalue weighted by Crippen LogP contribution is -2.43. The molecule has 0 spiro atoms. The number of nitrogens with zero attached hydrogens (tertiary/aromatic N) is 2. The Morgan fingerprint density at radius 1 is 0.967 bits per heavy atom. The number of carbonyl (C=O) groups excluding carboxylic acids is 1. The summed E-state index contributed by atoms with van der Waals surface area (Å²) in [6, 6.07) is 15.3. The number of hydrogen-bond acceptors (Lipinski definition) is 4. The molecule has 1 amide bonds. The molecule has 160 valence electrons. The van der Waals surface area contributed by atoms with Crippen molar-refractivity contribution in [2.24, 2.45) is 0 Å². The molecule has 4 rings (SSSR count). The first-order valence-corrected chi connectivity index (χ1v) is 12.1. The van der Waals surface area contributed by atoms with E-state index in [4.69, 9.17) is 23.2 Å². The lowest BCUT2D eigenvalue weighted by molar-refractivity contribution is -0.128. The number of piperidine rings is 1. The average molecular weight is 465 g/mol. The highest BCUT2D eigenvalue weighted by Crippen LogP contribution is 2.39. The van der Waals surface area contributed by atoms with Crippen LogP contribution < -0.4 is 0 Å². The van der Waals surface area contributed by atoms with Crippen LogP contribution in [0.5, 0.6) is 0 Å². The molecule has 2 fully saturated rings. The molecule has 2 aliphatic rings. The summed E-state index contributed by atoms with van der Waals surface area (Å²) in [5.74, 6) is 0.737. The molecule has 1 atom stereocenters. The average Bonchev–Trinajstić information content (AvgIpc) is 3.11. The van der Waals surface area contributed by atoms with Gasteiger partial charge in [0.05, 0.1) is 11.4 Å². The fourth-order valence-electron chi connectivity index (χ4n) is 4.26. The highest BCUT2D eigenvalue weighted by Gasteiger charge is 2.35. The minimum atomic E-state index is -0.775. The first-order valence-electron chi connectivity index (χ1n) is 10.3. The van der Waals surface area contributed by atoms with E-state index in [1.165, 1.54) is 0 Å². The quantitative estimate of drug-likeness (QED) is 0.657. The van der Waals surface area contributed by atoms with Crippen molar-refractivity contribution in [2.45, 2.75) is 30.2 Å². The molecule has 2 saturated heterocycles. The van der Waals surface area contributed by atoms with E-state index >= 15 is 0 Å². The number of thioether (sulfide) groups is 1. The molecule has 4 nitrogen and oxygen atoms in total. The first kappa shape index (κ1) is 22.0. The number of benzene rings is 2. The van der Waals surface area contributed by atoms with Gasteiger partial charge in [-0.2, -0.15) is 0 Å². The van der Waals surface area contributed by atoms with Gasteiger partial charge in [0.1, 0.15) is 5.37 Å². The number of halogens is 2. The number of aliphatic hydroxyl groups is 1. The van der Waals surface area contributed by atoms with E-state index < -0.39 is 5.60 Å². The van der Waals surface area contributed by atoms with Crippen LogP contribution in [0.15, 0.2) is 48.5 Å². The van der Waals surface area contributed by atoms with Gasteiger partial charge in [0, 0.05) is 29.7 Å². The SMILES string of the molecule is O=C1CS[C@H](c2ccc(Cl)cc2)N1CCCN1CCC(O)(c2ccc(Cl)cc2)CC1. The molecule has 0 bridgehead atoms. The minimum Gasteiger partial charge on any atom is -0.385 e. The van der Waals surface area contributed by atoms with E-state index in [1.807, 2.05) is 53.4 Å². The zero-order chi connectivity index (χ0) is 21.1. The molecule has 0 aromatic heterocycles. The number of hydrogen-bond donors (Lipinski definition) is 1. The van der Waals surface area contributed by atoms with E-state index in [9.17, 15) is 9.90 Å². The van der Waals surface area contributed by atoms with Crippen molar-refractivity contribution in [1.82, 2.24) is 9.80 Å². The summed E-state index contributed by atoms with van der Waals surface area (Å²) in [5.41, 5.74) is 1.29. The van der Waals surface area contributed by atoms with Crippen molar-refractivity contribution in [2.75, 3.05) is 31.9 Å². The maximum absolute atomic E-state index is 12.4. The van der Waals surface area contributed by atoms with Crippen LogP contribution >= 0.6 is 35.0 Å². The molecule has 30 heavy (non-hydrogen) atoms. The smallest absolute Gasteiger partial charge is 0.233 e. The zero-order valence-electron chi connectivity index (χ0n) is 16.8. The predicted molar refractivity (Wildman–Crippen MR) is 124 cm³/mol. The number of amides is 1. The van der Waals surface area contributed by atoms with Crippen LogP contribution in [0.2, 0.25) is 10.0 Å². The molecule has 1 N–H and O–H groups in total.